The van der Waals surface area contributed by atoms with E-state index in [0.717, 1.165) is 12.1 Å². The van der Waals surface area contributed by atoms with E-state index in [2.05, 4.69) is 10.6 Å². The molecule has 2 aromatic carbocycles. The zero-order chi connectivity index (χ0) is 19.3. The lowest BCUT2D eigenvalue weighted by Crippen LogP contribution is -2.30. The minimum atomic E-state index is -1.25. The zero-order valence-corrected chi connectivity index (χ0v) is 13.6. The number of hydrogen-bond acceptors (Lipinski definition) is 4. The zero-order valence-electron chi connectivity index (χ0n) is 13.6. The maximum absolute atomic E-state index is 13.5. The molecule has 0 fully saturated rings. The van der Waals surface area contributed by atoms with Crippen molar-refractivity contribution in [3.8, 4) is 0 Å². The standard InChI is InChI=1S/C17H15F2N3O4/c1-9(15(23)22-14-6-5-11(18)8-13(14)19)26-16(24)10-3-2-4-12(7-10)21-17(20)25/h2-9H,1H3,(H,22,23)(H3,20,21,25)/t9-/m0/s1. The molecule has 2 aromatic rings. The molecule has 3 amide bonds. The first-order valence-corrected chi connectivity index (χ1v) is 7.39. The molecule has 0 aliphatic heterocycles. The third-order valence-corrected chi connectivity index (χ3v) is 3.21. The Labute approximate surface area is 147 Å². The molecule has 0 spiro atoms. The molecule has 0 unspecified atom stereocenters. The van der Waals surface area contributed by atoms with Gasteiger partial charge < -0.3 is 21.1 Å². The highest BCUT2D eigenvalue weighted by Gasteiger charge is 2.20. The summed E-state index contributed by atoms with van der Waals surface area (Å²) < 4.78 is 31.4. The first-order chi connectivity index (χ1) is 12.3. The number of carbonyl (C=O) groups excluding carboxylic acids is 3. The molecular weight excluding hydrogens is 348 g/mol. The van der Waals surface area contributed by atoms with E-state index in [1.807, 2.05) is 0 Å². The molecule has 0 saturated carbocycles. The van der Waals surface area contributed by atoms with Crippen LogP contribution >= 0.6 is 0 Å². The van der Waals surface area contributed by atoms with Gasteiger partial charge in [0.15, 0.2) is 6.10 Å². The number of anilines is 2. The van der Waals surface area contributed by atoms with E-state index in [-0.39, 0.29) is 16.9 Å². The molecule has 2 rings (SSSR count). The second kappa shape index (κ2) is 8.06. The summed E-state index contributed by atoms with van der Waals surface area (Å²) in [6.07, 6.45) is -1.25. The summed E-state index contributed by atoms with van der Waals surface area (Å²) >= 11 is 0. The Kier molecular flexibility index (Phi) is 5.84. The van der Waals surface area contributed by atoms with Crippen molar-refractivity contribution in [1.29, 1.82) is 0 Å². The fourth-order valence-electron chi connectivity index (χ4n) is 1.97. The van der Waals surface area contributed by atoms with E-state index in [0.29, 0.717) is 6.07 Å². The van der Waals surface area contributed by atoms with Crippen LogP contribution in [0.5, 0.6) is 0 Å². The van der Waals surface area contributed by atoms with Crippen LogP contribution in [0.2, 0.25) is 0 Å². The second-order valence-corrected chi connectivity index (χ2v) is 5.23. The van der Waals surface area contributed by atoms with Gasteiger partial charge in [-0.05, 0) is 37.3 Å². The first-order valence-electron chi connectivity index (χ1n) is 7.39. The fourth-order valence-corrected chi connectivity index (χ4v) is 1.97. The van der Waals surface area contributed by atoms with Gasteiger partial charge in [-0.25, -0.2) is 18.4 Å². The Morgan fingerprint density at radius 3 is 2.46 bits per heavy atom. The van der Waals surface area contributed by atoms with Crippen LogP contribution in [0.15, 0.2) is 42.5 Å². The van der Waals surface area contributed by atoms with Crippen molar-refractivity contribution in [2.45, 2.75) is 13.0 Å². The van der Waals surface area contributed by atoms with Crippen molar-refractivity contribution in [3.05, 3.63) is 59.7 Å². The molecule has 0 heterocycles. The lowest BCUT2D eigenvalue weighted by atomic mass is 10.2. The Bertz CT molecular complexity index is 858. The van der Waals surface area contributed by atoms with E-state index in [4.69, 9.17) is 10.5 Å². The third-order valence-electron chi connectivity index (χ3n) is 3.21. The quantitative estimate of drug-likeness (QED) is 0.709. The number of esters is 1. The number of primary amides is 1. The number of rotatable bonds is 5. The van der Waals surface area contributed by atoms with Crippen molar-refractivity contribution in [1.82, 2.24) is 0 Å². The Morgan fingerprint density at radius 2 is 1.81 bits per heavy atom. The van der Waals surface area contributed by atoms with E-state index < -0.39 is 35.6 Å². The Hall–Kier alpha value is -3.49. The summed E-state index contributed by atoms with van der Waals surface area (Å²) in [6, 6.07) is 7.57. The lowest BCUT2D eigenvalue weighted by Gasteiger charge is -2.14. The predicted octanol–water partition coefficient (Wildman–Crippen LogP) is 2.64. The van der Waals surface area contributed by atoms with Crippen LogP contribution in [-0.2, 0) is 9.53 Å². The normalized spacial score (nSPS) is 11.3. The molecule has 0 aliphatic carbocycles. The molecule has 7 nitrogen and oxygen atoms in total. The average molecular weight is 363 g/mol. The Morgan fingerprint density at radius 1 is 1.08 bits per heavy atom. The van der Waals surface area contributed by atoms with Crippen LogP contribution in [0, 0.1) is 11.6 Å². The molecule has 0 aliphatic rings. The van der Waals surface area contributed by atoms with Gasteiger partial charge in [-0.1, -0.05) is 6.07 Å². The second-order valence-electron chi connectivity index (χ2n) is 5.23. The molecule has 136 valence electrons. The smallest absolute Gasteiger partial charge is 0.338 e. The van der Waals surface area contributed by atoms with Crippen molar-refractivity contribution in [2.24, 2.45) is 5.73 Å². The number of benzene rings is 2. The monoisotopic (exact) mass is 363 g/mol. The van der Waals surface area contributed by atoms with Gasteiger partial charge >= 0.3 is 12.0 Å². The highest BCUT2D eigenvalue weighted by Crippen LogP contribution is 2.16. The number of carbonyl (C=O) groups is 3. The van der Waals surface area contributed by atoms with E-state index in [1.54, 1.807) is 0 Å². The van der Waals surface area contributed by atoms with Crippen molar-refractivity contribution in [3.63, 3.8) is 0 Å². The molecule has 0 saturated heterocycles. The van der Waals surface area contributed by atoms with Crippen LogP contribution in [-0.4, -0.2) is 24.0 Å². The number of amides is 3. The molecule has 0 bridgehead atoms. The summed E-state index contributed by atoms with van der Waals surface area (Å²) in [6.45, 7) is 1.29. The maximum atomic E-state index is 13.5. The van der Waals surface area contributed by atoms with Crippen molar-refractivity contribution in [2.75, 3.05) is 10.6 Å². The summed E-state index contributed by atoms with van der Waals surface area (Å²) in [7, 11) is 0. The highest BCUT2D eigenvalue weighted by atomic mass is 19.1. The van der Waals surface area contributed by atoms with Crippen LogP contribution in [0.3, 0.4) is 0 Å². The minimum Gasteiger partial charge on any atom is -0.449 e. The summed E-state index contributed by atoms with van der Waals surface area (Å²) in [4.78, 5) is 34.9. The van der Waals surface area contributed by atoms with Crippen LogP contribution in [0.25, 0.3) is 0 Å². The molecule has 4 N–H and O–H groups in total. The van der Waals surface area contributed by atoms with Crippen molar-refractivity contribution >= 4 is 29.3 Å². The van der Waals surface area contributed by atoms with Gasteiger partial charge in [0.05, 0.1) is 11.3 Å². The molecule has 26 heavy (non-hydrogen) atoms. The SMILES string of the molecule is C[C@H](OC(=O)c1cccc(NC(N)=O)c1)C(=O)Nc1ccc(F)cc1F. The maximum Gasteiger partial charge on any atom is 0.338 e. The molecule has 0 aromatic heterocycles. The van der Waals surface area contributed by atoms with E-state index in [9.17, 15) is 23.2 Å². The van der Waals surface area contributed by atoms with Gasteiger partial charge in [0, 0.05) is 11.8 Å². The van der Waals surface area contributed by atoms with E-state index in [1.165, 1.54) is 31.2 Å². The molecular formula is C17H15F2N3O4. The van der Waals surface area contributed by atoms with Crippen molar-refractivity contribution < 1.29 is 27.9 Å². The van der Waals surface area contributed by atoms with Gasteiger partial charge in [-0.15, -0.1) is 0 Å². The molecule has 1 atom stereocenters. The summed E-state index contributed by atoms with van der Waals surface area (Å²) in [5.41, 5.74) is 5.10. The predicted molar refractivity (Wildman–Crippen MR) is 89.5 cm³/mol. The largest absolute Gasteiger partial charge is 0.449 e. The minimum absolute atomic E-state index is 0.0730. The fraction of sp³-hybridized carbons (Fsp3) is 0.118. The van der Waals surface area contributed by atoms with Crippen LogP contribution in [0.1, 0.15) is 17.3 Å². The topological polar surface area (TPSA) is 111 Å². The van der Waals surface area contributed by atoms with E-state index >= 15 is 0 Å². The van der Waals surface area contributed by atoms with Crippen LogP contribution in [0.4, 0.5) is 25.0 Å². The average Bonchev–Trinajstić information content (AvgIpc) is 2.56. The summed E-state index contributed by atoms with van der Waals surface area (Å²) in [5, 5.41) is 4.50. The van der Waals surface area contributed by atoms with Gasteiger partial charge in [0.2, 0.25) is 0 Å². The lowest BCUT2D eigenvalue weighted by molar-refractivity contribution is -0.123. The third kappa shape index (κ3) is 5.00. The molecule has 9 heteroatoms. The van der Waals surface area contributed by atoms with Gasteiger partial charge in [0.1, 0.15) is 11.6 Å². The number of nitrogens with one attached hydrogen (secondary N) is 2. The number of hydrogen-bond donors (Lipinski definition) is 3. The number of halogens is 2. The Balaban J connectivity index is 2.01. The van der Waals surface area contributed by atoms with Gasteiger partial charge in [-0.2, -0.15) is 0 Å². The highest BCUT2D eigenvalue weighted by molar-refractivity contribution is 5.98. The van der Waals surface area contributed by atoms with Gasteiger partial charge in [0.25, 0.3) is 5.91 Å². The number of urea groups is 1. The van der Waals surface area contributed by atoms with Gasteiger partial charge in [-0.3, -0.25) is 4.79 Å². The molecule has 0 radical (unpaired) electrons. The first kappa shape index (κ1) is 18.8. The van der Waals surface area contributed by atoms with Crippen LogP contribution < -0.4 is 16.4 Å². The number of ether oxygens (including phenoxy) is 1. The summed E-state index contributed by atoms with van der Waals surface area (Å²) in [5.74, 6) is -3.37. The number of nitrogens with two attached hydrogens (primary N) is 1.